The summed E-state index contributed by atoms with van der Waals surface area (Å²) in [6.07, 6.45) is 4.29. The third-order valence-corrected chi connectivity index (χ3v) is 4.36. The van der Waals surface area contributed by atoms with Gasteiger partial charge in [-0.05, 0) is 42.5 Å². The normalized spacial score (nSPS) is 20.4. The Balaban J connectivity index is 2.07. The molecule has 22 heavy (non-hydrogen) atoms. The Morgan fingerprint density at radius 2 is 2.09 bits per heavy atom. The van der Waals surface area contributed by atoms with E-state index in [1.807, 2.05) is 13.0 Å². The Bertz CT molecular complexity index is 646. The molecule has 5 heteroatoms. The first-order chi connectivity index (χ1) is 10.4. The van der Waals surface area contributed by atoms with Crippen molar-refractivity contribution < 1.29 is 9.66 Å². The maximum atomic E-state index is 11.3. The van der Waals surface area contributed by atoms with E-state index in [2.05, 4.69) is 25.2 Å². The summed E-state index contributed by atoms with van der Waals surface area (Å²) in [6, 6.07) is 3.51. The van der Waals surface area contributed by atoms with Crippen LogP contribution in [0.25, 0.3) is 5.57 Å². The molecule has 0 atom stereocenters. The summed E-state index contributed by atoms with van der Waals surface area (Å²) in [5, 5.41) is 14.7. The average Bonchev–Trinajstić information content (AvgIpc) is 3.24. The van der Waals surface area contributed by atoms with E-state index >= 15 is 0 Å². The Labute approximate surface area is 130 Å². The van der Waals surface area contributed by atoms with Crippen molar-refractivity contribution in [2.75, 3.05) is 13.1 Å². The minimum atomic E-state index is -0.351. The molecule has 1 aromatic carbocycles. The third kappa shape index (κ3) is 2.86. The molecular formula is C17H22N2O3. The maximum Gasteiger partial charge on any atom is 0.311 e. The standard InChI is InChI=1S/C17H22N2O3/c1-11-8-15(19(20)21)16(22-12-4-5-12)9-13(11)14-6-7-18-10-17(14,2)3/h6,8-9,12,18H,4-5,7,10H2,1-3H3. The minimum absolute atomic E-state index is 0.00397. The SMILES string of the molecule is Cc1cc([N+](=O)[O-])c(OC2CC2)cc1C1=CCNCC1(C)C. The zero-order valence-corrected chi connectivity index (χ0v) is 13.3. The van der Waals surface area contributed by atoms with Gasteiger partial charge < -0.3 is 10.1 Å². The summed E-state index contributed by atoms with van der Waals surface area (Å²) >= 11 is 0. The first-order valence-corrected chi connectivity index (χ1v) is 7.76. The van der Waals surface area contributed by atoms with Crippen LogP contribution in [0.5, 0.6) is 5.75 Å². The molecule has 1 heterocycles. The van der Waals surface area contributed by atoms with Crippen LogP contribution in [-0.2, 0) is 0 Å². The Hall–Kier alpha value is -1.88. The zero-order chi connectivity index (χ0) is 15.9. The van der Waals surface area contributed by atoms with Gasteiger partial charge >= 0.3 is 5.69 Å². The van der Waals surface area contributed by atoms with Gasteiger partial charge in [-0.2, -0.15) is 0 Å². The van der Waals surface area contributed by atoms with Crippen LogP contribution in [0.3, 0.4) is 0 Å². The molecule has 0 saturated heterocycles. The number of rotatable bonds is 4. The Kier molecular flexibility index (Phi) is 3.68. The van der Waals surface area contributed by atoms with Crippen LogP contribution in [0.2, 0.25) is 0 Å². The summed E-state index contributed by atoms with van der Waals surface area (Å²) in [4.78, 5) is 10.9. The lowest BCUT2D eigenvalue weighted by atomic mass is 9.77. The molecule has 0 amide bonds. The number of nitro benzene ring substituents is 1. The van der Waals surface area contributed by atoms with Crippen molar-refractivity contribution in [1.29, 1.82) is 0 Å². The molecule has 5 nitrogen and oxygen atoms in total. The van der Waals surface area contributed by atoms with Crippen molar-refractivity contribution in [1.82, 2.24) is 5.32 Å². The van der Waals surface area contributed by atoms with Gasteiger partial charge in [0.1, 0.15) is 0 Å². The number of nitrogens with one attached hydrogen (secondary N) is 1. The fraction of sp³-hybridized carbons (Fsp3) is 0.529. The summed E-state index contributed by atoms with van der Waals surface area (Å²) in [7, 11) is 0. The number of hydrogen-bond donors (Lipinski definition) is 1. The first-order valence-electron chi connectivity index (χ1n) is 7.76. The van der Waals surface area contributed by atoms with Crippen molar-refractivity contribution in [2.24, 2.45) is 5.41 Å². The van der Waals surface area contributed by atoms with Crippen molar-refractivity contribution in [3.63, 3.8) is 0 Å². The van der Waals surface area contributed by atoms with Gasteiger partial charge in [-0.3, -0.25) is 10.1 Å². The fourth-order valence-electron chi connectivity index (χ4n) is 2.97. The molecule has 0 aromatic heterocycles. The second-order valence-electron chi connectivity index (χ2n) is 6.84. The quantitative estimate of drug-likeness (QED) is 0.683. The number of nitro groups is 1. The Morgan fingerprint density at radius 3 is 2.68 bits per heavy atom. The van der Waals surface area contributed by atoms with E-state index in [-0.39, 0.29) is 22.1 Å². The van der Waals surface area contributed by atoms with Crippen molar-refractivity contribution in [3.8, 4) is 5.75 Å². The number of aryl methyl sites for hydroxylation is 1. The molecule has 118 valence electrons. The maximum absolute atomic E-state index is 11.3. The molecule has 1 N–H and O–H groups in total. The molecule has 0 spiro atoms. The summed E-state index contributed by atoms with van der Waals surface area (Å²) in [5.41, 5.74) is 3.29. The highest BCUT2D eigenvalue weighted by Crippen LogP contribution is 2.42. The molecule has 0 bridgehead atoms. The van der Waals surface area contributed by atoms with Gasteiger partial charge in [0.25, 0.3) is 0 Å². The number of nitrogens with zero attached hydrogens (tertiary/aromatic N) is 1. The van der Waals surface area contributed by atoms with Crippen molar-refractivity contribution in [3.05, 3.63) is 39.4 Å². The predicted molar refractivity (Wildman–Crippen MR) is 86.1 cm³/mol. The molecule has 0 unspecified atom stereocenters. The second-order valence-corrected chi connectivity index (χ2v) is 6.84. The first kappa shape index (κ1) is 15.0. The summed E-state index contributed by atoms with van der Waals surface area (Å²) < 4.78 is 5.79. The molecule has 1 aliphatic carbocycles. The van der Waals surface area contributed by atoms with Gasteiger partial charge in [0.05, 0.1) is 11.0 Å². The van der Waals surface area contributed by atoms with Crippen LogP contribution in [0.4, 0.5) is 5.69 Å². The topological polar surface area (TPSA) is 64.4 Å². The smallest absolute Gasteiger partial charge is 0.311 e. The predicted octanol–water partition coefficient (Wildman–Crippen LogP) is 3.46. The van der Waals surface area contributed by atoms with E-state index in [0.717, 1.165) is 37.1 Å². The van der Waals surface area contributed by atoms with Gasteiger partial charge in [-0.25, -0.2) is 0 Å². The molecule has 1 fully saturated rings. The summed E-state index contributed by atoms with van der Waals surface area (Å²) in [6.45, 7) is 8.03. The zero-order valence-electron chi connectivity index (χ0n) is 13.3. The molecule has 0 radical (unpaired) electrons. The van der Waals surface area contributed by atoms with Crippen molar-refractivity contribution in [2.45, 2.75) is 39.7 Å². The highest BCUT2D eigenvalue weighted by Gasteiger charge is 2.31. The minimum Gasteiger partial charge on any atom is -0.483 e. The van der Waals surface area contributed by atoms with E-state index in [0.29, 0.717) is 5.75 Å². The Morgan fingerprint density at radius 1 is 1.36 bits per heavy atom. The van der Waals surface area contributed by atoms with Gasteiger partial charge in [0.15, 0.2) is 5.75 Å². The van der Waals surface area contributed by atoms with Crippen LogP contribution in [-0.4, -0.2) is 24.1 Å². The molecule has 3 rings (SSSR count). The fourth-order valence-corrected chi connectivity index (χ4v) is 2.97. The monoisotopic (exact) mass is 302 g/mol. The second kappa shape index (κ2) is 5.39. The lowest BCUT2D eigenvalue weighted by molar-refractivity contribution is -0.386. The van der Waals surface area contributed by atoms with Gasteiger partial charge in [0.2, 0.25) is 0 Å². The number of ether oxygens (including phenoxy) is 1. The summed E-state index contributed by atoms with van der Waals surface area (Å²) in [5.74, 6) is 0.406. The van der Waals surface area contributed by atoms with Crippen LogP contribution in [0.1, 0.15) is 37.8 Å². The van der Waals surface area contributed by atoms with Crippen LogP contribution < -0.4 is 10.1 Å². The molecule has 1 aliphatic heterocycles. The number of hydrogen-bond acceptors (Lipinski definition) is 4. The lowest BCUT2D eigenvalue weighted by Gasteiger charge is -2.33. The van der Waals surface area contributed by atoms with E-state index in [1.165, 1.54) is 5.57 Å². The van der Waals surface area contributed by atoms with E-state index < -0.39 is 0 Å². The number of benzene rings is 1. The molecule has 1 aromatic rings. The van der Waals surface area contributed by atoms with Gasteiger partial charge in [-0.1, -0.05) is 19.9 Å². The van der Waals surface area contributed by atoms with E-state index in [1.54, 1.807) is 6.07 Å². The van der Waals surface area contributed by atoms with Crippen molar-refractivity contribution >= 4 is 11.3 Å². The highest BCUT2D eigenvalue weighted by molar-refractivity contribution is 5.76. The van der Waals surface area contributed by atoms with Gasteiger partial charge in [-0.15, -0.1) is 0 Å². The molecule has 2 aliphatic rings. The van der Waals surface area contributed by atoms with Gasteiger partial charge in [0, 0.05) is 24.6 Å². The third-order valence-electron chi connectivity index (χ3n) is 4.36. The average molecular weight is 302 g/mol. The van der Waals surface area contributed by atoms with Crippen LogP contribution in [0.15, 0.2) is 18.2 Å². The molecule has 1 saturated carbocycles. The molecular weight excluding hydrogens is 280 g/mol. The lowest BCUT2D eigenvalue weighted by Crippen LogP contribution is -2.35. The largest absolute Gasteiger partial charge is 0.483 e. The van der Waals surface area contributed by atoms with E-state index in [4.69, 9.17) is 4.74 Å². The van der Waals surface area contributed by atoms with Crippen LogP contribution in [0, 0.1) is 22.5 Å². The highest BCUT2D eigenvalue weighted by atomic mass is 16.6. The van der Waals surface area contributed by atoms with E-state index in [9.17, 15) is 10.1 Å². The van der Waals surface area contributed by atoms with Crippen LogP contribution >= 0.6 is 0 Å².